The van der Waals surface area contributed by atoms with Gasteiger partial charge in [-0.15, -0.1) is 24.8 Å². The van der Waals surface area contributed by atoms with E-state index in [0.717, 1.165) is 41.9 Å². The van der Waals surface area contributed by atoms with E-state index >= 15 is 0 Å². The Morgan fingerprint density at radius 2 is 1.81 bits per heavy atom. The van der Waals surface area contributed by atoms with E-state index in [9.17, 15) is 27.2 Å². The predicted octanol–water partition coefficient (Wildman–Crippen LogP) is 3.66. The summed E-state index contributed by atoms with van der Waals surface area (Å²) in [6.07, 6.45) is -1.59. The first-order valence-corrected chi connectivity index (χ1v) is 10.9. The smallest absolute Gasteiger partial charge is 0.302 e. The van der Waals surface area contributed by atoms with Crippen LogP contribution in [0.5, 0.6) is 0 Å². The molecule has 2 aliphatic rings. The minimum atomic E-state index is -4.35. The summed E-state index contributed by atoms with van der Waals surface area (Å²) < 4.78 is 53.7. The average Bonchev–Trinajstić information content (AvgIpc) is 3.37. The number of aromatic amines is 1. The molecule has 3 heterocycles. The lowest BCUT2D eigenvalue weighted by Crippen LogP contribution is -2.35. The summed E-state index contributed by atoms with van der Waals surface area (Å²) in [6.45, 7) is 2.45. The number of likely N-dealkylation sites (tertiary alicyclic amines) is 1. The first-order valence-electron chi connectivity index (χ1n) is 10.9. The van der Waals surface area contributed by atoms with Crippen LogP contribution in [-0.2, 0) is 18.1 Å². The standard InChI is InChI=1S/C23H21F4N5O2.2ClH/c24-19-17(3-1-8-28-19)18-20(33)29-21(34)32(30-18)10-2-9-31-12-16-11-22(16,13-31)14-4-6-15(7-5-14)23(25,26)27;;/h1,3-8,16H,2,9-13H2,(H,29,33,34);2*1H/t16-,22+;;/m0../s1. The number of nitrogens with zero attached hydrogens (tertiary/aromatic N) is 4. The number of rotatable bonds is 6. The zero-order valence-electron chi connectivity index (χ0n) is 18.8. The van der Waals surface area contributed by atoms with E-state index in [1.54, 1.807) is 12.1 Å². The van der Waals surface area contributed by atoms with Crippen LogP contribution in [0.25, 0.3) is 11.3 Å². The normalized spacial score (nSPS) is 20.8. The molecule has 1 N–H and O–H groups in total. The highest BCUT2D eigenvalue weighted by Crippen LogP contribution is 2.59. The third-order valence-electron chi connectivity index (χ3n) is 6.75. The lowest BCUT2D eigenvalue weighted by atomic mass is 9.94. The van der Waals surface area contributed by atoms with Gasteiger partial charge < -0.3 is 4.90 Å². The number of piperidine rings is 1. The number of halogens is 6. The highest BCUT2D eigenvalue weighted by Gasteiger charge is 2.60. The van der Waals surface area contributed by atoms with Gasteiger partial charge in [0.2, 0.25) is 5.95 Å². The molecule has 0 spiro atoms. The van der Waals surface area contributed by atoms with Gasteiger partial charge in [-0.2, -0.15) is 22.7 Å². The van der Waals surface area contributed by atoms with Crippen LogP contribution in [0.4, 0.5) is 17.6 Å². The molecule has 2 aromatic heterocycles. The van der Waals surface area contributed by atoms with Gasteiger partial charge in [-0.05, 0) is 55.1 Å². The lowest BCUT2D eigenvalue weighted by Gasteiger charge is -2.21. The second-order valence-electron chi connectivity index (χ2n) is 8.89. The van der Waals surface area contributed by atoms with Gasteiger partial charge in [0.05, 0.1) is 11.1 Å². The molecule has 0 bridgehead atoms. The van der Waals surface area contributed by atoms with Crippen molar-refractivity contribution in [1.29, 1.82) is 0 Å². The van der Waals surface area contributed by atoms with E-state index in [4.69, 9.17) is 0 Å². The van der Waals surface area contributed by atoms with Crippen molar-refractivity contribution in [3.8, 4) is 11.3 Å². The summed E-state index contributed by atoms with van der Waals surface area (Å²) in [5, 5.41) is 4.05. The Morgan fingerprint density at radius 3 is 2.47 bits per heavy atom. The van der Waals surface area contributed by atoms with Crippen LogP contribution in [0.15, 0.2) is 52.2 Å². The van der Waals surface area contributed by atoms with E-state index in [-0.39, 0.29) is 48.0 Å². The molecule has 0 unspecified atom stereocenters. The molecule has 1 aliphatic heterocycles. The Morgan fingerprint density at radius 1 is 1.08 bits per heavy atom. The molecule has 5 rings (SSSR count). The molecule has 13 heteroatoms. The zero-order chi connectivity index (χ0) is 24.1. The Balaban J connectivity index is 0.00000180. The van der Waals surface area contributed by atoms with Crippen LogP contribution < -0.4 is 11.2 Å². The number of fused-ring (bicyclic) bond motifs is 1. The van der Waals surface area contributed by atoms with Gasteiger partial charge in [0, 0.05) is 31.2 Å². The van der Waals surface area contributed by atoms with Crippen LogP contribution in [-0.4, -0.2) is 44.3 Å². The fraction of sp³-hybridized carbons (Fsp3) is 0.391. The molecule has 36 heavy (non-hydrogen) atoms. The molecular weight excluding hydrogens is 525 g/mol. The zero-order valence-corrected chi connectivity index (χ0v) is 20.4. The van der Waals surface area contributed by atoms with E-state index < -0.39 is 28.9 Å². The summed E-state index contributed by atoms with van der Waals surface area (Å²) in [5.74, 6) is -0.450. The number of benzene rings is 1. The minimum Gasteiger partial charge on any atom is -0.302 e. The van der Waals surface area contributed by atoms with Gasteiger partial charge in [-0.1, -0.05) is 12.1 Å². The average molecular weight is 548 g/mol. The molecule has 0 radical (unpaired) electrons. The van der Waals surface area contributed by atoms with Crippen molar-refractivity contribution in [2.45, 2.75) is 31.0 Å². The number of alkyl halides is 3. The van der Waals surface area contributed by atoms with Crippen LogP contribution in [0.3, 0.4) is 0 Å². The number of H-pyrrole nitrogens is 1. The van der Waals surface area contributed by atoms with Crippen molar-refractivity contribution < 1.29 is 17.6 Å². The largest absolute Gasteiger partial charge is 0.416 e. The summed E-state index contributed by atoms with van der Waals surface area (Å²) in [6, 6.07) is 8.27. The van der Waals surface area contributed by atoms with Crippen LogP contribution in [0, 0.1) is 11.9 Å². The molecule has 7 nitrogen and oxygen atoms in total. The van der Waals surface area contributed by atoms with E-state index in [0.29, 0.717) is 18.9 Å². The van der Waals surface area contributed by atoms with Crippen LogP contribution >= 0.6 is 24.8 Å². The summed E-state index contributed by atoms with van der Waals surface area (Å²) in [5.41, 5.74) is -1.60. The topological polar surface area (TPSA) is 83.9 Å². The number of hydrogen-bond donors (Lipinski definition) is 1. The monoisotopic (exact) mass is 547 g/mol. The van der Waals surface area contributed by atoms with Crippen molar-refractivity contribution in [3.63, 3.8) is 0 Å². The van der Waals surface area contributed by atoms with Crippen molar-refractivity contribution in [3.05, 3.63) is 80.5 Å². The summed E-state index contributed by atoms with van der Waals surface area (Å²) in [7, 11) is 0. The molecule has 1 saturated carbocycles. The van der Waals surface area contributed by atoms with Gasteiger partial charge in [0.25, 0.3) is 5.56 Å². The minimum absolute atomic E-state index is 0. The van der Waals surface area contributed by atoms with E-state index in [1.165, 1.54) is 18.3 Å². The fourth-order valence-corrected chi connectivity index (χ4v) is 4.96. The Labute approximate surface area is 215 Å². The molecule has 3 aromatic rings. The SMILES string of the molecule is Cl.Cl.O=c1[nH]c(=O)n(CCCN2C[C@@H]3C[C@]3(c3ccc(C(F)(F)F)cc3)C2)nc1-c1cccnc1F. The molecule has 0 amide bonds. The van der Waals surface area contributed by atoms with Crippen molar-refractivity contribution in [2.75, 3.05) is 19.6 Å². The summed E-state index contributed by atoms with van der Waals surface area (Å²) >= 11 is 0. The number of aromatic nitrogens is 4. The summed E-state index contributed by atoms with van der Waals surface area (Å²) in [4.78, 5) is 32.2. The third-order valence-corrected chi connectivity index (χ3v) is 6.75. The van der Waals surface area contributed by atoms with Gasteiger partial charge in [0.15, 0.2) is 5.69 Å². The fourth-order valence-electron chi connectivity index (χ4n) is 4.96. The number of pyridine rings is 1. The maximum Gasteiger partial charge on any atom is 0.416 e. The number of aryl methyl sites for hydroxylation is 1. The van der Waals surface area contributed by atoms with Crippen molar-refractivity contribution >= 4 is 24.8 Å². The van der Waals surface area contributed by atoms with E-state index in [2.05, 4.69) is 20.0 Å². The Bertz CT molecular complexity index is 1350. The number of nitrogens with one attached hydrogen (secondary N) is 1. The van der Waals surface area contributed by atoms with Crippen LogP contribution in [0.2, 0.25) is 0 Å². The van der Waals surface area contributed by atoms with Gasteiger partial charge in [-0.25, -0.2) is 14.5 Å². The number of hydrogen-bond acceptors (Lipinski definition) is 5. The molecule has 1 aromatic carbocycles. The molecule has 2 atom stereocenters. The van der Waals surface area contributed by atoms with Gasteiger partial charge >= 0.3 is 11.9 Å². The molecular formula is C23H23Cl2F4N5O2. The maximum absolute atomic E-state index is 14.0. The highest BCUT2D eigenvalue weighted by molar-refractivity contribution is 5.85. The van der Waals surface area contributed by atoms with Crippen LogP contribution in [0.1, 0.15) is 24.0 Å². The van der Waals surface area contributed by atoms with E-state index in [1.807, 2.05) is 0 Å². The second kappa shape index (κ2) is 10.3. The van der Waals surface area contributed by atoms with Gasteiger partial charge in [0.1, 0.15) is 0 Å². The second-order valence-corrected chi connectivity index (χ2v) is 8.89. The van der Waals surface area contributed by atoms with Gasteiger partial charge in [-0.3, -0.25) is 9.78 Å². The molecule has 1 saturated heterocycles. The highest BCUT2D eigenvalue weighted by atomic mass is 35.5. The lowest BCUT2D eigenvalue weighted by molar-refractivity contribution is -0.137. The molecule has 1 aliphatic carbocycles. The Hall–Kier alpha value is -2.76. The first kappa shape index (κ1) is 27.8. The quantitative estimate of drug-likeness (QED) is 0.376. The third kappa shape index (κ3) is 5.18. The Kier molecular flexibility index (Phi) is 7.97. The van der Waals surface area contributed by atoms with Crippen molar-refractivity contribution in [1.82, 2.24) is 24.6 Å². The maximum atomic E-state index is 14.0. The predicted molar refractivity (Wildman–Crippen MR) is 129 cm³/mol. The molecule has 2 fully saturated rings. The van der Waals surface area contributed by atoms with Crippen molar-refractivity contribution in [2.24, 2.45) is 5.92 Å². The molecule has 194 valence electrons. The first-order chi connectivity index (χ1) is 16.2.